The number of fused-ring (bicyclic) bond motifs is 1. The molecule has 0 fully saturated rings. The summed E-state index contributed by atoms with van der Waals surface area (Å²) in [4.78, 5) is 30.4. The van der Waals surface area contributed by atoms with E-state index in [9.17, 15) is 9.59 Å². The fourth-order valence-electron chi connectivity index (χ4n) is 3.18. The number of hydrogen-bond acceptors (Lipinski definition) is 5. The zero-order valence-electron chi connectivity index (χ0n) is 17.1. The average molecular weight is 377 g/mol. The first kappa shape index (κ1) is 21.0. The van der Waals surface area contributed by atoms with Crippen LogP contribution in [0.25, 0.3) is 0 Å². The topological polar surface area (TPSA) is 65.1 Å². The van der Waals surface area contributed by atoms with Crippen LogP contribution in [-0.4, -0.2) is 81.6 Å². The summed E-state index contributed by atoms with van der Waals surface area (Å²) in [7, 11) is 5.40. The Bertz CT molecular complexity index is 659. The first-order chi connectivity index (χ1) is 12.9. The third-order valence-electron chi connectivity index (χ3n) is 5.04. The SMILES string of the molecule is CCN(CC)CCNC(=O)CC1COc2ccc(C(=O)N(C)C)cc2N1C. The number of ether oxygens (including phenoxy) is 1. The second kappa shape index (κ2) is 9.60. The van der Waals surface area contributed by atoms with Gasteiger partial charge in [0.1, 0.15) is 12.4 Å². The van der Waals surface area contributed by atoms with Gasteiger partial charge in [0.2, 0.25) is 5.91 Å². The molecular weight excluding hydrogens is 344 g/mol. The fraction of sp³-hybridized carbons (Fsp3) is 0.600. The Hall–Kier alpha value is -2.28. The molecule has 0 saturated heterocycles. The lowest BCUT2D eigenvalue weighted by atomic mass is 10.1. The van der Waals surface area contributed by atoms with Crippen LogP contribution in [-0.2, 0) is 4.79 Å². The average Bonchev–Trinajstić information content (AvgIpc) is 2.66. The molecule has 0 saturated carbocycles. The Labute approximate surface area is 162 Å². The molecular formula is C20H32N4O3. The van der Waals surface area contributed by atoms with Gasteiger partial charge in [-0.25, -0.2) is 0 Å². The molecule has 150 valence electrons. The monoisotopic (exact) mass is 376 g/mol. The summed E-state index contributed by atoms with van der Waals surface area (Å²) >= 11 is 0. The number of rotatable bonds is 8. The van der Waals surface area contributed by atoms with Gasteiger partial charge in [0.15, 0.2) is 0 Å². The van der Waals surface area contributed by atoms with Gasteiger partial charge >= 0.3 is 0 Å². The third kappa shape index (κ3) is 5.35. The molecule has 1 aliphatic rings. The van der Waals surface area contributed by atoms with E-state index in [1.807, 2.05) is 24.1 Å². The molecule has 0 spiro atoms. The van der Waals surface area contributed by atoms with E-state index in [2.05, 4.69) is 24.1 Å². The highest BCUT2D eigenvalue weighted by atomic mass is 16.5. The van der Waals surface area contributed by atoms with Crippen LogP contribution in [0.2, 0.25) is 0 Å². The first-order valence-corrected chi connectivity index (χ1v) is 9.57. The maximum absolute atomic E-state index is 12.3. The zero-order chi connectivity index (χ0) is 20.0. The molecule has 1 aliphatic heterocycles. The van der Waals surface area contributed by atoms with E-state index in [4.69, 9.17) is 4.74 Å². The van der Waals surface area contributed by atoms with Crippen LogP contribution >= 0.6 is 0 Å². The quantitative estimate of drug-likeness (QED) is 0.744. The van der Waals surface area contributed by atoms with Gasteiger partial charge in [-0.1, -0.05) is 13.8 Å². The molecule has 7 nitrogen and oxygen atoms in total. The van der Waals surface area contributed by atoms with Gasteiger partial charge in [0.25, 0.3) is 5.91 Å². The van der Waals surface area contributed by atoms with Crippen LogP contribution in [0.1, 0.15) is 30.6 Å². The molecule has 2 rings (SSSR count). The highest BCUT2D eigenvalue weighted by molar-refractivity contribution is 5.95. The minimum Gasteiger partial charge on any atom is -0.489 e. The molecule has 2 amide bonds. The van der Waals surface area contributed by atoms with Crippen LogP contribution < -0.4 is 15.0 Å². The van der Waals surface area contributed by atoms with Crippen LogP contribution in [0.5, 0.6) is 5.75 Å². The number of anilines is 1. The van der Waals surface area contributed by atoms with Gasteiger partial charge in [-0.2, -0.15) is 0 Å². The molecule has 0 aliphatic carbocycles. The van der Waals surface area contributed by atoms with Gasteiger partial charge in [-0.05, 0) is 31.3 Å². The Morgan fingerprint density at radius 3 is 2.59 bits per heavy atom. The van der Waals surface area contributed by atoms with Gasteiger partial charge < -0.3 is 24.8 Å². The summed E-state index contributed by atoms with van der Waals surface area (Å²) in [6, 6.07) is 5.37. The van der Waals surface area contributed by atoms with E-state index in [1.54, 1.807) is 25.1 Å². The molecule has 1 aromatic rings. The second-order valence-corrected chi connectivity index (χ2v) is 7.04. The van der Waals surface area contributed by atoms with Crippen LogP contribution in [0.3, 0.4) is 0 Å². The van der Waals surface area contributed by atoms with Crippen molar-refractivity contribution in [2.45, 2.75) is 26.3 Å². The highest BCUT2D eigenvalue weighted by Crippen LogP contribution is 2.34. The lowest BCUT2D eigenvalue weighted by Crippen LogP contribution is -2.44. The van der Waals surface area contributed by atoms with Crippen molar-refractivity contribution in [1.29, 1.82) is 0 Å². The van der Waals surface area contributed by atoms with E-state index in [0.717, 1.165) is 31.1 Å². The van der Waals surface area contributed by atoms with E-state index in [-0.39, 0.29) is 17.9 Å². The van der Waals surface area contributed by atoms with E-state index < -0.39 is 0 Å². The van der Waals surface area contributed by atoms with Crippen molar-refractivity contribution in [3.05, 3.63) is 23.8 Å². The predicted molar refractivity (Wildman–Crippen MR) is 108 cm³/mol. The number of hydrogen-bond donors (Lipinski definition) is 1. The Kier molecular flexibility index (Phi) is 7.47. The summed E-state index contributed by atoms with van der Waals surface area (Å²) in [5.41, 5.74) is 1.45. The number of benzene rings is 1. The lowest BCUT2D eigenvalue weighted by molar-refractivity contribution is -0.121. The molecule has 1 N–H and O–H groups in total. The van der Waals surface area contributed by atoms with Gasteiger partial charge in [0, 0.05) is 39.8 Å². The van der Waals surface area contributed by atoms with Crippen molar-refractivity contribution >= 4 is 17.5 Å². The Morgan fingerprint density at radius 2 is 1.96 bits per heavy atom. The second-order valence-electron chi connectivity index (χ2n) is 7.04. The van der Waals surface area contributed by atoms with Crippen LogP contribution in [0.4, 0.5) is 5.69 Å². The molecule has 27 heavy (non-hydrogen) atoms. The number of amides is 2. The third-order valence-corrected chi connectivity index (χ3v) is 5.04. The van der Waals surface area contributed by atoms with E-state index in [0.29, 0.717) is 25.1 Å². The maximum atomic E-state index is 12.3. The summed E-state index contributed by atoms with van der Waals surface area (Å²) in [5.74, 6) is 0.708. The number of nitrogens with zero attached hydrogens (tertiary/aromatic N) is 3. The lowest BCUT2D eigenvalue weighted by Gasteiger charge is -2.36. The Balaban J connectivity index is 1.97. The summed E-state index contributed by atoms with van der Waals surface area (Å²) < 4.78 is 5.83. The summed E-state index contributed by atoms with van der Waals surface area (Å²) in [5, 5.41) is 2.99. The summed E-state index contributed by atoms with van der Waals surface area (Å²) in [6.45, 7) is 8.16. The number of carbonyl (C=O) groups excluding carboxylic acids is 2. The maximum Gasteiger partial charge on any atom is 0.253 e. The number of nitrogens with one attached hydrogen (secondary N) is 1. The normalized spacial score (nSPS) is 15.9. The smallest absolute Gasteiger partial charge is 0.253 e. The highest BCUT2D eigenvalue weighted by Gasteiger charge is 2.27. The van der Waals surface area contributed by atoms with E-state index >= 15 is 0 Å². The van der Waals surface area contributed by atoms with Gasteiger partial charge in [-0.3, -0.25) is 9.59 Å². The minimum absolute atomic E-state index is 0.0200. The Morgan fingerprint density at radius 1 is 1.26 bits per heavy atom. The minimum atomic E-state index is -0.0596. The van der Waals surface area contributed by atoms with Gasteiger partial charge in [-0.15, -0.1) is 0 Å². The molecule has 0 aromatic heterocycles. The van der Waals surface area contributed by atoms with E-state index in [1.165, 1.54) is 0 Å². The largest absolute Gasteiger partial charge is 0.489 e. The number of likely N-dealkylation sites (N-methyl/N-ethyl adjacent to an activating group) is 2. The molecule has 1 unspecified atom stereocenters. The standard InChI is InChI=1S/C20H32N4O3/c1-6-24(7-2)11-10-21-19(25)13-16-14-27-18-9-8-15(20(26)22(3)4)12-17(18)23(16)5/h8-9,12,16H,6-7,10-11,13-14H2,1-5H3,(H,21,25). The van der Waals surface area contributed by atoms with Crippen molar-refractivity contribution in [2.75, 3.05) is 58.8 Å². The van der Waals surface area contributed by atoms with Crippen molar-refractivity contribution in [2.24, 2.45) is 0 Å². The fourth-order valence-corrected chi connectivity index (χ4v) is 3.18. The van der Waals surface area contributed by atoms with Crippen LogP contribution in [0.15, 0.2) is 18.2 Å². The molecule has 0 radical (unpaired) electrons. The summed E-state index contributed by atoms with van der Waals surface area (Å²) in [6.07, 6.45) is 0.361. The molecule has 1 atom stereocenters. The predicted octanol–water partition coefficient (Wildman–Crippen LogP) is 1.43. The van der Waals surface area contributed by atoms with Crippen molar-refractivity contribution in [3.8, 4) is 5.75 Å². The zero-order valence-corrected chi connectivity index (χ0v) is 17.1. The van der Waals surface area contributed by atoms with Crippen molar-refractivity contribution < 1.29 is 14.3 Å². The van der Waals surface area contributed by atoms with Gasteiger partial charge in [0.05, 0.1) is 18.2 Å². The number of carbonyl (C=O) groups is 2. The molecule has 0 bridgehead atoms. The first-order valence-electron chi connectivity index (χ1n) is 9.57. The molecule has 7 heteroatoms. The molecule has 1 aromatic carbocycles. The van der Waals surface area contributed by atoms with Crippen molar-refractivity contribution in [3.63, 3.8) is 0 Å². The van der Waals surface area contributed by atoms with Crippen LogP contribution in [0, 0.1) is 0 Å². The molecule has 1 heterocycles. The van der Waals surface area contributed by atoms with Crippen molar-refractivity contribution in [1.82, 2.24) is 15.1 Å².